The number of aliphatic hydroxyl groups excluding tert-OH is 1. The molecule has 0 aliphatic carbocycles. The third-order valence-corrected chi connectivity index (χ3v) is 7.45. The van der Waals surface area contributed by atoms with Gasteiger partial charge in [0.1, 0.15) is 24.8 Å². The van der Waals surface area contributed by atoms with E-state index in [1.54, 1.807) is 24.3 Å². The molecule has 1 amide bonds. The zero-order chi connectivity index (χ0) is 25.8. The number of hydrogen-bond donors (Lipinski definition) is 1. The van der Waals surface area contributed by atoms with Gasteiger partial charge in [-0.05, 0) is 66.9 Å². The molecule has 186 valence electrons. The molecule has 3 heterocycles. The van der Waals surface area contributed by atoms with Crippen molar-refractivity contribution in [2.45, 2.75) is 19.9 Å². The van der Waals surface area contributed by atoms with Crippen LogP contribution >= 0.6 is 11.3 Å². The number of ether oxygens (including phenoxy) is 2. The molecule has 0 spiro atoms. The Balaban J connectivity index is 1.55. The van der Waals surface area contributed by atoms with Crippen LogP contribution in [0.15, 0.2) is 60.2 Å². The minimum absolute atomic E-state index is 0.153. The lowest BCUT2D eigenvalue weighted by Crippen LogP contribution is -2.29. The molecule has 0 bridgehead atoms. The summed E-state index contributed by atoms with van der Waals surface area (Å²) in [5.74, 6) is -1.71. The number of ketones is 1. The van der Waals surface area contributed by atoms with Crippen molar-refractivity contribution in [3.63, 3.8) is 0 Å². The van der Waals surface area contributed by atoms with Gasteiger partial charge in [0, 0.05) is 5.56 Å². The maximum atomic E-state index is 14.3. The van der Waals surface area contributed by atoms with E-state index in [0.29, 0.717) is 35.4 Å². The molecule has 2 aliphatic rings. The monoisotopic (exact) mass is 516 g/mol. The molecular formula is C28H21FN2O5S. The number of thiazole rings is 1. The molecule has 6 rings (SSSR count). The zero-order valence-electron chi connectivity index (χ0n) is 19.9. The van der Waals surface area contributed by atoms with Crippen molar-refractivity contribution in [1.82, 2.24) is 4.98 Å². The summed E-state index contributed by atoms with van der Waals surface area (Å²) in [5, 5.41) is 11.7. The Morgan fingerprint density at radius 3 is 2.62 bits per heavy atom. The highest BCUT2D eigenvalue weighted by Gasteiger charge is 2.48. The van der Waals surface area contributed by atoms with Gasteiger partial charge in [0.15, 0.2) is 16.6 Å². The highest BCUT2D eigenvalue weighted by Crippen LogP contribution is 2.45. The lowest BCUT2D eigenvalue weighted by molar-refractivity contribution is -0.132. The fraction of sp³-hybridized carbons (Fsp3) is 0.179. The van der Waals surface area contributed by atoms with Crippen LogP contribution in [0.4, 0.5) is 9.52 Å². The predicted octanol–water partition coefficient (Wildman–Crippen LogP) is 5.45. The highest BCUT2D eigenvalue weighted by atomic mass is 32.1. The van der Waals surface area contributed by atoms with E-state index in [0.717, 1.165) is 21.3 Å². The van der Waals surface area contributed by atoms with E-state index < -0.39 is 23.5 Å². The van der Waals surface area contributed by atoms with Crippen molar-refractivity contribution in [3.05, 3.63) is 88.2 Å². The smallest absolute Gasteiger partial charge is 0.301 e. The first-order valence-corrected chi connectivity index (χ1v) is 12.5. The van der Waals surface area contributed by atoms with E-state index in [1.165, 1.54) is 34.4 Å². The molecule has 3 aromatic carbocycles. The summed E-state index contributed by atoms with van der Waals surface area (Å²) in [6, 6.07) is 13.3. The molecule has 1 saturated heterocycles. The molecule has 1 aromatic heterocycles. The second kappa shape index (κ2) is 8.70. The van der Waals surface area contributed by atoms with Gasteiger partial charge < -0.3 is 14.6 Å². The van der Waals surface area contributed by atoms with Gasteiger partial charge in [0.05, 0.1) is 21.8 Å². The van der Waals surface area contributed by atoms with E-state index in [2.05, 4.69) is 4.98 Å². The lowest BCUT2D eigenvalue weighted by Gasteiger charge is -2.23. The molecule has 2 aliphatic heterocycles. The number of fused-ring (bicyclic) bond motifs is 2. The van der Waals surface area contributed by atoms with Crippen LogP contribution in [0.5, 0.6) is 11.5 Å². The zero-order valence-corrected chi connectivity index (χ0v) is 20.8. The molecule has 1 N–H and O–H groups in total. The van der Waals surface area contributed by atoms with Gasteiger partial charge in [-0.3, -0.25) is 14.5 Å². The van der Waals surface area contributed by atoms with E-state index in [9.17, 15) is 19.1 Å². The number of aliphatic hydroxyl groups is 1. The van der Waals surface area contributed by atoms with Crippen molar-refractivity contribution in [3.8, 4) is 11.5 Å². The number of halogens is 1. The van der Waals surface area contributed by atoms with Crippen molar-refractivity contribution < 1.29 is 28.6 Å². The summed E-state index contributed by atoms with van der Waals surface area (Å²) in [5.41, 5.74) is 3.16. The van der Waals surface area contributed by atoms with Crippen LogP contribution < -0.4 is 14.4 Å². The van der Waals surface area contributed by atoms with Gasteiger partial charge in [-0.2, -0.15) is 0 Å². The predicted molar refractivity (Wildman–Crippen MR) is 138 cm³/mol. The highest BCUT2D eigenvalue weighted by molar-refractivity contribution is 7.22. The maximum Gasteiger partial charge on any atom is 0.301 e. The number of amides is 1. The van der Waals surface area contributed by atoms with Crippen molar-refractivity contribution in [1.29, 1.82) is 0 Å². The molecule has 7 nitrogen and oxygen atoms in total. The number of aromatic nitrogens is 1. The molecule has 9 heteroatoms. The largest absolute Gasteiger partial charge is 0.507 e. The summed E-state index contributed by atoms with van der Waals surface area (Å²) >= 11 is 1.27. The summed E-state index contributed by atoms with van der Waals surface area (Å²) in [7, 11) is 0. The second-order valence-corrected chi connectivity index (χ2v) is 10.0. The van der Waals surface area contributed by atoms with Crippen molar-refractivity contribution >= 4 is 44.1 Å². The van der Waals surface area contributed by atoms with Crippen LogP contribution in [0.3, 0.4) is 0 Å². The summed E-state index contributed by atoms with van der Waals surface area (Å²) in [6.07, 6.45) is 0. The van der Waals surface area contributed by atoms with E-state index in [4.69, 9.17) is 9.47 Å². The fourth-order valence-electron chi connectivity index (χ4n) is 4.83. The number of rotatable bonds is 3. The summed E-state index contributed by atoms with van der Waals surface area (Å²) in [4.78, 5) is 32.8. The average Bonchev–Trinajstić information content (AvgIpc) is 3.42. The Morgan fingerprint density at radius 2 is 1.84 bits per heavy atom. The maximum absolute atomic E-state index is 14.3. The third kappa shape index (κ3) is 3.82. The fourth-order valence-corrected chi connectivity index (χ4v) is 6.00. The van der Waals surface area contributed by atoms with Crippen molar-refractivity contribution in [2.75, 3.05) is 18.1 Å². The van der Waals surface area contributed by atoms with Crippen LogP contribution in [0, 0.1) is 19.7 Å². The van der Waals surface area contributed by atoms with E-state index >= 15 is 0 Å². The first kappa shape index (κ1) is 23.2. The molecule has 1 unspecified atom stereocenters. The Labute approximate surface area is 215 Å². The van der Waals surface area contributed by atoms with Gasteiger partial charge in [0.2, 0.25) is 0 Å². The number of anilines is 1. The number of aryl methyl sites for hydroxylation is 2. The Bertz CT molecular complexity index is 1640. The Hall–Kier alpha value is -4.24. The van der Waals surface area contributed by atoms with E-state index in [1.807, 2.05) is 26.0 Å². The number of carbonyl (C=O) groups is 2. The van der Waals surface area contributed by atoms with Gasteiger partial charge in [-0.25, -0.2) is 9.37 Å². The standard InChI is InChI=1S/C28H21FN2O5S/c1-14-10-15(2)23-21(11-14)37-28(30-23)31-24(16-4-3-5-18(29)12-16)22(26(33)27(31)34)25(32)17-6-7-19-20(13-17)36-9-8-35-19/h3-7,10-13,24,32H,8-9H2,1-2H3/b25-22+. The van der Waals surface area contributed by atoms with Crippen LogP contribution in [0.2, 0.25) is 0 Å². The van der Waals surface area contributed by atoms with Crippen molar-refractivity contribution in [2.24, 2.45) is 0 Å². The number of nitrogens with zero attached hydrogens (tertiary/aromatic N) is 2. The van der Waals surface area contributed by atoms with Gasteiger partial charge in [-0.15, -0.1) is 0 Å². The lowest BCUT2D eigenvalue weighted by atomic mass is 9.95. The summed E-state index contributed by atoms with van der Waals surface area (Å²) < 4.78 is 26.4. The molecule has 4 aromatic rings. The van der Waals surface area contributed by atoms with Gasteiger partial charge in [-0.1, -0.05) is 29.5 Å². The quantitative estimate of drug-likeness (QED) is 0.221. The van der Waals surface area contributed by atoms with Crippen LogP contribution in [-0.2, 0) is 9.59 Å². The number of Topliss-reactive ketones (excluding diaryl/α,β-unsaturated/α-hetero) is 1. The minimum Gasteiger partial charge on any atom is -0.507 e. The first-order valence-electron chi connectivity index (χ1n) is 11.7. The van der Waals surface area contributed by atoms with Gasteiger partial charge >= 0.3 is 5.91 Å². The molecule has 1 atom stereocenters. The number of carbonyl (C=O) groups excluding carboxylic acids is 2. The summed E-state index contributed by atoms with van der Waals surface area (Å²) in [6.45, 7) is 4.66. The Kier molecular flexibility index (Phi) is 5.45. The Morgan fingerprint density at radius 1 is 1.05 bits per heavy atom. The third-order valence-electron chi connectivity index (χ3n) is 6.45. The minimum atomic E-state index is -1.08. The molecule has 0 saturated carbocycles. The first-order chi connectivity index (χ1) is 17.8. The molecule has 1 fully saturated rings. The second-order valence-electron chi connectivity index (χ2n) is 9.01. The normalized spacial score (nSPS) is 18.6. The number of hydrogen-bond acceptors (Lipinski definition) is 7. The SMILES string of the molecule is Cc1cc(C)c2nc(N3C(=O)C(=O)/C(=C(/O)c4ccc5c(c4)OCCO5)C3c3cccc(F)c3)sc2c1. The van der Waals surface area contributed by atoms with Crippen LogP contribution in [-0.4, -0.2) is 35.0 Å². The van der Waals surface area contributed by atoms with Gasteiger partial charge in [0.25, 0.3) is 5.78 Å². The average molecular weight is 517 g/mol. The molecule has 0 radical (unpaired) electrons. The van der Waals surface area contributed by atoms with Crippen LogP contribution in [0.1, 0.15) is 28.3 Å². The molecular weight excluding hydrogens is 495 g/mol. The number of benzene rings is 3. The topological polar surface area (TPSA) is 89.0 Å². The van der Waals surface area contributed by atoms with E-state index in [-0.39, 0.29) is 16.9 Å². The van der Waals surface area contributed by atoms with Crippen LogP contribution in [0.25, 0.3) is 16.0 Å². The molecule has 37 heavy (non-hydrogen) atoms.